The van der Waals surface area contributed by atoms with E-state index in [1.165, 1.54) is 42.1 Å². The molecule has 0 saturated carbocycles. The van der Waals surface area contributed by atoms with E-state index in [0.717, 1.165) is 0 Å². The lowest BCUT2D eigenvalue weighted by Gasteiger charge is -2.11. The number of nitrogens with zero attached hydrogens (tertiary/aromatic N) is 4. The van der Waals surface area contributed by atoms with Crippen LogP contribution >= 0.6 is 11.6 Å². The summed E-state index contributed by atoms with van der Waals surface area (Å²) in [6, 6.07) is 7.52. The van der Waals surface area contributed by atoms with Crippen molar-refractivity contribution in [1.82, 2.24) is 20.2 Å². The van der Waals surface area contributed by atoms with E-state index < -0.39 is 11.7 Å². The number of hydrogen-bond donors (Lipinski definition) is 1. The van der Waals surface area contributed by atoms with Crippen molar-refractivity contribution in [3.05, 3.63) is 58.6 Å². The lowest BCUT2D eigenvalue weighted by atomic mass is 10.2. The monoisotopic (exact) mass is 431 g/mol. The van der Waals surface area contributed by atoms with Gasteiger partial charge in [0, 0.05) is 6.08 Å². The molecule has 0 unspecified atom stereocenters. The van der Waals surface area contributed by atoms with Crippen molar-refractivity contribution in [2.24, 2.45) is 0 Å². The Bertz CT molecular complexity index is 1100. The van der Waals surface area contributed by atoms with Crippen molar-refractivity contribution in [2.45, 2.75) is 13.8 Å². The van der Waals surface area contributed by atoms with E-state index in [0.29, 0.717) is 40.2 Å². The highest BCUT2D eigenvalue weighted by atomic mass is 35.5. The van der Waals surface area contributed by atoms with Crippen LogP contribution in [0.3, 0.4) is 0 Å². The maximum absolute atomic E-state index is 14.2. The van der Waals surface area contributed by atoms with E-state index in [2.05, 4.69) is 20.8 Å². The minimum Gasteiger partial charge on any atom is -0.491 e. The molecule has 0 aliphatic heterocycles. The van der Waals surface area contributed by atoms with E-state index in [1.54, 1.807) is 19.1 Å². The smallest absolute Gasteiger partial charge is 0.248 e. The summed E-state index contributed by atoms with van der Waals surface area (Å²) in [5, 5.41) is 14.0. The van der Waals surface area contributed by atoms with Gasteiger partial charge < -0.3 is 14.8 Å². The van der Waals surface area contributed by atoms with Crippen molar-refractivity contribution in [3.63, 3.8) is 0 Å². The molecular weight excluding hydrogens is 413 g/mol. The molecule has 1 heterocycles. The maximum Gasteiger partial charge on any atom is 0.248 e. The average molecular weight is 432 g/mol. The zero-order valence-electron chi connectivity index (χ0n) is 16.5. The van der Waals surface area contributed by atoms with E-state index in [1.807, 2.05) is 6.92 Å². The van der Waals surface area contributed by atoms with Gasteiger partial charge in [0.2, 0.25) is 5.91 Å². The van der Waals surface area contributed by atoms with Crippen molar-refractivity contribution >= 4 is 29.3 Å². The molecule has 1 aromatic heterocycles. The van der Waals surface area contributed by atoms with Gasteiger partial charge in [0.15, 0.2) is 17.3 Å². The maximum atomic E-state index is 14.2. The number of methoxy groups -OCH3 is 1. The summed E-state index contributed by atoms with van der Waals surface area (Å²) in [6.07, 6.45) is 2.80. The first-order valence-corrected chi connectivity index (χ1v) is 9.35. The number of halogens is 2. The van der Waals surface area contributed by atoms with Crippen LogP contribution in [0.25, 0.3) is 11.8 Å². The van der Waals surface area contributed by atoms with Gasteiger partial charge in [0.1, 0.15) is 5.82 Å². The Hall–Kier alpha value is -3.46. The van der Waals surface area contributed by atoms with Crippen molar-refractivity contribution in [1.29, 1.82) is 0 Å². The van der Waals surface area contributed by atoms with E-state index in [4.69, 9.17) is 21.1 Å². The number of tetrazole rings is 1. The molecule has 156 valence electrons. The van der Waals surface area contributed by atoms with Crippen molar-refractivity contribution in [3.8, 4) is 17.2 Å². The predicted octanol–water partition coefficient (Wildman–Crippen LogP) is 3.82. The molecule has 2 aromatic carbocycles. The summed E-state index contributed by atoms with van der Waals surface area (Å²) in [7, 11) is 1.49. The topological polar surface area (TPSA) is 91.2 Å². The quantitative estimate of drug-likeness (QED) is 0.572. The second-order valence-corrected chi connectivity index (χ2v) is 6.50. The number of aryl methyl sites for hydroxylation is 1. The zero-order chi connectivity index (χ0) is 21.7. The lowest BCUT2D eigenvalue weighted by molar-refractivity contribution is -0.111. The summed E-state index contributed by atoms with van der Waals surface area (Å²) >= 11 is 6.21. The second kappa shape index (κ2) is 9.36. The predicted molar refractivity (Wildman–Crippen MR) is 111 cm³/mol. The molecule has 0 spiro atoms. The molecule has 0 bridgehead atoms. The normalized spacial score (nSPS) is 11.0. The van der Waals surface area contributed by atoms with Crippen LogP contribution in [0.15, 0.2) is 36.4 Å². The van der Waals surface area contributed by atoms with Gasteiger partial charge in [-0.1, -0.05) is 11.6 Å². The Morgan fingerprint density at radius 2 is 2.13 bits per heavy atom. The molecule has 0 saturated heterocycles. The molecular formula is C20H19ClFN5O3. The fourth-order valence-electron chi connectivity index (χ4n) is 2.70. The van der Waals surface area contributed by atoms with Gasteiger partial charge in [-0.2, -0.15) is 4.68 Å². The lowest BCUT2D eigenvalue weighted by Crippen LogP contribution is -2.10. The standard InChI is InChI=1S/C20H19ClFN5O3/c1-4-30-18-10-13(9-15(21)20(18)29-3)5-8-19(28)23-17-11-14(6-7-16(17)22)27-12(2)24-25-26-27/h5-11H,4H2,1-3H3,(H,23,28)/b8-5+. The largest absolute Gasteiger partial charge is 0.491 e. The Kier molecular flexibility index (Phi) is 6.63. The molecule has 0 atom stereocenters. The molecule has 3 aromatic rings. The number of carbonyl (C=O) groups is 1. The van der Waals surface area contributed by atoms with Crippen LogP contribution in [-0.4, -0.2) is 39.8 Å². The third-order valence-corrected chi connectivity index (χ3v) is 4.32. The number of benzene rings is 2. The molecule has 1 N–H and O–H groups in total. The molecule has 1 amide bonds. The number of amides is 1. The second-order valence-electron chi connectivity index (χ2n) is 6.09. The number of anilines is 1. The summed E-state index contributed by atoms with van der Waals surface area (Å²) in [5.41, 5.74) is 1.14. The minimum atomic E-state index is -0.586. The fraction of sp³-hybridized carbons (Fsp3) is 0.200. The van der Waals surface area contributed by atoms with Crippen molar-refractivity contribution < 1.29 is 18.7 Å². The van der Waals surface area contributed by atoms with E-state index in [-0.39, 0.29) is 5.69 Å². The van der Waals surface area contributed by atoms with Gasteiger partial charge in [-0.05, 0) is 66.2 Å². The Morgan fingerprint density at radius 1 is 1.33 bits per heavy atom. The van der Waals surface area contributed by atoms with Gasteiger partial charge in [-0.3, -0.25) is 4.79 Å². The summed E-state index contributed by atoms with van der Waals surface area (Å²) in [6.45, 7) is 3.97. The van der Waals surface area contributed by atoms with E-state index in [9.17, 15) is 9.18 Å². The van der Waals surface area contributed by atoms with Gasteiger partial charge in [-0.15, -0.1) is 5.10 Å². The first kappa shape index (κ1) is 21.3. The minimum absolute atomic E-state index is 0.000168. The highest BCUT2D eigenvalue weighted by Crippen LogP contribution is 2.36. The number of rotatable bonds is 7. The van der Waals surface area contributed by atoms with Crippen LogP contribution in [0.2, 0.25) is 5.02 Å². The van der Waals surface area contributed by atoms with Gasteiger partial charge in [0.25, 0.3) is 0 Å². The van der Waals surface area contributed by atoms with Gasteiger partial charge >= 0.3 is 0 Å². The van der Waals surface area contributed by atoms with Crippen LogP contribution in [0, 0.1) is 12.7 Å². The highest BCUT2D eigenvalue weighted by molar-refractivity contribution is 6.32. The first-order valence-electron chi connectivity index (χ1n) is 8.97. The fourth-order valence-corrected chi connectivity index (χ4v) is 3.00. The Labute approximate surface area is 177 Å². The molecule has 3 rings (SSSR count). The van der Waals surface area contributed by atoms with Gasteiger partial charge in [-0.25, -0.2) is 4.39 Å². The third kappa shape index (κ3) is 4.74. The Morgan fingerprint density at radius 3 is 2.80 bits per heavy atom. The molecule has 0 fully saturated rings. The zero-order valence-corrected chi connectivity index (χ0v) is 17.3. The van der Waals surface area contributed by atoms with Crippen LogP contribution in [-0.2, 0) is 4.79 Å². The third-order valence-electron chi connectivity index (χ3n) is 4.04. The molecule has 30 heavy (non-hydrogen) atoms. The molecule has 0 radical (unpaired) electrons. The van der Waals surface area contributed by atoms with Crippen molar-refractivity contribution in [2.75, 3.05) is 19.0 Å². The summed E-state index contributed by atoms with van der Waals surface area (Å²) < 4.78 is 26.3. The number of aromatic nitrogens is 4. The molecule has 0 aliphatic rings. The number of hydrogen-bond acceptors (Lipinski definition) is 6. The number of carbonyl (C=O) groups excluding carboxylic acids is 1. The van der Waals surface area contributed by atoms with E-state index >= 15 is 0 Å². The SMILES string of the molecule is CCOc1cc(/C=C/C(=O)Nc2cc(-n3nnnc3C)ccc2F)cc(Cl)c1OC. The molecule has 0 aliphatic carbocycles. The number of ether oxygens (including phenoxy) is 2. The summed E-state index contributed by atoms with van der Waals surface area (Å²) in [4.78, 5) is 12.3. The van der Waals surface area contributed by atoms with Crippen LogP contribution in [0.4, 0.5) is 10.1 Å². The molecule has 10 heteroatoms. The van der Waals surface area contributed by atoms with Gasteiger partial charge in [0.05, 0.1) is 30.1 Å². The van der Waals surface area contributed by atoms with Crippen LogP contribution in [0.1, 0.15) is 18.3 Å². The Balaban J connectivity index is 1.79. The number of nitrogens with one attached hydrogen (secondary N) is 1. The van der Waals surface area contributed by atoms with Crippen LogP contribution in [0.5, 0.6) is 11.5 Å². The molecule has 8 nitrogen and oxygen atoms in total. The summed E-state index contributed by atoms with van der Waals surface area (Å²) in [5.74, 6) is 0.294. The highest BCUT2D eigenvalue weighted by Gasteiger charge is 2.12. The first-order chi connectivity index (χ1) is 14.4. The average Bonchev–Trinajstić information content (AvgIpc) is 3.14. The van der Waals surface area contributed by atoms with Crippen LogP contribution < -0.4 is 14.8 Å².